The summed E-state index contributed by atoms with van der Waals surface area (Å²) >= 11 is 12.9. The summed E-state index contributed by atoms with van der Waals surface area (Å²) in [4.78, 5) is 23.5. The number of aliphatic hydroxyl groups excluding tert-OH is 1. The Morgan fingerprint density at radius 3 is 2.62 bits per heavy atom. The summed E-state index contributed by atoms with van der Waals surface area (Å²) in [5.41, 5.74) is 0.849. The van der Waals surface area contributed by atoms with E-state index < -0.39 is 29.5 Å². The molecular formula is C40H41Cl2F2N5O3. The Hall–Kier alpha value is -3.33. The molecule has 1 amide bonds. The molecule has 2 aromatic heterocycles. The number of aromatic amines is 1. The minimum absolute atomic E-state index is 0.0278. The van der Waals surface area contributed by atoms with Crippen LogP contribution < -0.4 is 5.32 Å². The molecule has 3 saturated heterocycles. The molecule has 8 nitrogen and oxygen atoms in total. The molecule has 7 fully saturated rings. The lowest BCUT2D eigenvalue weighted by Gasteiger charge is -2.39. The number of nitrogens with one attached hydrogen (secondary N) is 2. The number of amides is 1. The molecule has 0 spiro atoms. The molecule has 272 valence electrons. The number of ether oxygens (including phenoxy) is 1. The SMILES string of the molecule is C1NC2CC1C2.CC(O)c1nc2c(F)c(-c3cccc(Cl)c3Cl)c(CCC#N)cc2c2[nH]c(C3C4CC(CC4OC4CC4)N3C(=O)C3(F)CC3)cc12. The van der Waals surface area contributed by atoms with Crippen LogP contribution >= 0.6 is 23.2 Å². The number of nitrogens with zero attached hydrogens (tertiary/aromatic N) is 3. The molecule has 4 saturated carbocycles. The maximum atomic E-state index is 16.8. The van der Waals surface area contributed by atoms with E-state index in [1.807, 2.05) is 12.1 Å². The van der Waals surface area contributed by atoms with Crippen LogP contribution in [0.4, 0.5) is 8.78 Å². The van der Waals surface area contributed by atoms with Crippen LogP contribution in [0.3, 0.4) is 0 Å². The first-order valence-electron chi connectivity index (χ1n) is 18.6. The Morgan fingerprint density at radius 2 is 1.98 bits per heavy atom. The van der Waals surface area contributed by atoms with Gasteiger partial charge in [0.1, 0.15) is 5.52 Å². The Balaban J connectivity index is 0.000000539. The molecular weight excluding hydrogens is 707 g/mol. The van der Waals surface area contributed by atoms with Crippen LogP contribution in [0.5, 0.6) is 0 Å². The number of fused-ring (bicyclic) bond motifs is 6. The highest BCUT2D eigenvalue weighted by molar-refractivity contribution is 6.43. The van der Waals surface area contributed by atoms with Gasteiger partial charge in [0, 0.05) is 52.0 Å². The Labute approximate surface area is 310 Å². The molecule has 4 aromatic rings. The second-order valence-corrected chi connectivity index (χ2v) is 16.6. The number of piperidine rings is 1. The lowest BCUT2D eigenvalue weighted by molar-refractivity contribution is -0.146. The monoisotopic (exact) mass is 747 g/mol. The third-order valence-electron chi connectivity index (χ3n) is 12.1. The second-order valence-electron chi connectivity index (χ2n) is 15.8. The van der Waals surface area contributed by atoms with Crippen molar-refractivity contribution in [2.45, 2.75) is 113 Å². The Kier molecular flexibility index (Phi) is 8.55. The number of carbonyl (C=O) groups is 1. The lowest BCUT2D eigenvalue weighted by Crippen LogP contribution is -2.48. The van der Waals surface area contributed by atoms with Crippen molar-refractivity contribution in [3.05, 3.63) is 63.1 Å². The first-order chi connectivity index (χ1) is 25.0. The van der Waals surface area contributed by atoms with E-state index in [9.17, 15) is 15.2 Å². The maximum Gasteiger partial charge on any atom is 0.261 e. The number of aryl methyl sites for hydroxylation is 1. The number of aliphatic hydroxyl groups is 1. The van der Waals surface area contributed by atoms with Gasteiger partial charge in [-0.2, -0.15) is 5.26 Å². The van der Waals surface area contributed by atoms with Crippen LogP contribution in [0.15, 0.2) is 30.3 Å². The van der Waals surface area contributed by atoms with Gasteiger partial charge in [-0.3, -0.25) is 4.79 Å². The fourth-order valence-electron chi connectivity index (χ4n) is 9.15. The van der Waals surface area contributed by atoms with Gasteiger partial charge in [-0.15, -0.1) is 0 Å². The molecule has 11 rings (SSSR count). The first kappa shape index (κ1) is 34.4. The van der Waals surface area contributed by atoms with Crippen molar-refractivity contribution in [2.75, 3.05) is 6.54 Å². The molecule has 4 aliphatic carbocycles. The highest BCUT2D eigenvalue weighted by atomic mass is 35.5. The number of nitriles is 1. The minimum atomic E-state index is -1.82. The Bertz CT molecular complexity index is 2120. The predicted molar refractivity (Wildman–Crippen MR) is 195 cm³/mol. The highest BCUT2D eigenvalue weighted by Gasteiger charge is 2.62. The van der Waals surface area contributed by atoms with Crippen molar-refractivity contribution in [2.24, 2.45) is 11.8 Å². The fourth-order valence-corrected chi connectivity index (χ4v) is 9.55. The molecule has 52 heavy (non-hydrogen) atoms. The zero-order valence-electron chi connectivity index (χ0n) is 28.9. The number of benzene rings is 2. The lowest BCUT2D eigenvalue weighted by atomic mass is 9.87. The van der Waals surface area contributed by atoms with Crippen molar-refractivity contribution in [1.82, 2.24) is 20.2 Å². The van der Waals surface area contributed by atoms with Crippen molar-refractivity contribution in [3.63, 3.8) is 0 Å². The minimum Gasteiger partial charge on any atom is -0.387 e. The van der Waals surface area contributed by atoms with E-state index >= 15 is 8.78 Å². The van der Waals surface area contributed by atoms with Crippen LogP contribution in [0.1, 0.15) is 93.8 Å². The summed E-state index contributed by atoms with van der Waals surface area (Å²) < 4.78 is 38.5. The van der Waals surface area contributed by atoms with Gasteiger partial charge in [0.25, 0.3) is 5.91 Å². The van der Waals surface area contributed by atoms with Gasteiger partial charge >= 0.3 is 0 Å². The molecule has 2 aromatic carbocycles. The van der Waals surface area contributed by atoms with E-state index in [-0.39, 0.29) is 76.7 Å². The zero-order valence-corrected chi connectivity index (χ0v) is 30.4. The van der Waals surface area contributed by atoms with Crippen molar-refractivity contribution in [1.29, 1.82) is 5.26 Å². The fraction of sp³-hybridized carbons (Fsp3) is 0.525. The van der Waals surface area contributed by atoms with Crippen LogP contribution in [-0.4, -0.2) is 62.4 Å². The number of halogens is 4. The normalized spacial score (nSPS) is 28.4. The number of carbonyl (C=O) groups excluding carboxylic acids is 1. The van der Waals surface area contributed by atoms with E-state index in [0.29, 0.717) is 39.5 Å². The van der Waals surface area contributed by atoms with E-state index in [1.165, 1.54) is 19.4 Å². The maximum absolute atomic E-state index is 16.8. The number of H-pyrrole nitrogens is 1. The number of likely N-dealkylation sites (tertiary alicyclic amines) is 1. The molecule has 7 aliphatic rings. The molecule has 12 heteroatoms. The largest absolute Gasteiger partial charge is 0.387 e. The summed E-state index contributed by atoms with van der Waals surface area (Å²) in [6, 6.07) is 11.2. The molecule has 3 aliphatic heterocycles. The smallest absolute Gasteiger partial charge is 0.261 e. The van der Waals surface area contributed by atoms with Crippen LogP contribution in [0.25, 0.3) is 32.9 Å². The molecule has 4 bridgehead atoms. The molecule has 3 N–H and O–H groups in total. The topological polar surface area (TPSA) is 114 Å². The van der Waals surface area contributed by atoms with E-state index in [4.69, 9.17) is 27.9 Å². The number of aromatic nitrogens is 2. The van der Waals surface area contributed by atoms with Gasteiger partial charge < -0.3 is 25.0 Å². The molecule has 0 radical (unpaired) electrons. The quantitative estimate of drug-likeness (QED) is 0.167. The average molecular weight is 749 g/mol. The molecule has 5 heterocycles. The van der Waals surface area contributed by atoms with Crippen molar-refractivity contribution < 1.29 is 23.4 Å². The molecule has 5 unspecified atom stereocenters. The van der Waals surface area contributed by atoms with E-state index in [2.05, 4.69) is 21.4 Å². The van der Waals surface area contributed by atoms with E-state index in [1.54, 1.807) is 30.0 Å². The number of pyridine rings is 1. The molecule has 5 atom stereocenters. The van der Waals surface area contributed by atoms with Gasteiger partial charge in [-0.05, 0) is 101 Å². The van der Waals surface area contributed by atoms with Crippen molar-refractivity contribution >= 4 is 50.9 Å². The number of alkyl halides is 1. The summed E-state index contributed by atoms with van der Waals surface area (Å²) in [7, 11) is 0. The summed E-state index contributed by atoms with van der Waals surface area (Å²) in [5.74, 6) is -0.0638. The van der Waals surface area contributed by atoms with Crippen LogP contribution in [-0.2, 0) is 16.0 Å². The average Bonchev–Trinajstić information content (AvgIpc) is 3.67. The highest BCUT2D eigenvalue weighted by Crippen LogP contribution is 2.56. The third kappa shape index (κ3) is 5.79. The van der Waals surface area contributed by atoms with Gasteiger partial charge in [0.2, 0.25) is 0 Å². The number of hydrogen-bond donors (Lipinski definition) is 3. The van der Waals surface area contributed by atoms with Gasteiger partial charge in [0.15, 0.2) is 11.5 Å². The zero-order chi connectivity index (χ0) is 36.1. The Morgan fingerprint density at radius 1 is 1.19 bits per heavy atom. The summed E-state index contributed by atoms with van der Waals surface area (Å²) in [6.45, 7) is 2.88. The van der Waals surface area contributed by atoms with Crippen LogP contribution in [0, 0.1) is 29.0 Å². The van der Waals surface area contributed by atoms with Gasteiger partial charge in [-0.25, -0.2) is 13.8 Å². The third-order valence-corrected chi connectivity index (χ3v) is 13.0. The van der Waals surface area contributed by atoms with Gasteiger partial charge in [-0.1, -0.05) is 35.3 Å². The predicted octanol–water partition coefficient (Wildman–Crippen LogP) is 8.42. The second kappa shape index (κ2) is 12.9. The van der Waals surface area contributed by atoms with Gasteiger partial charge in [0.05, 0.1) is 51.7 Å². The standard InChI is InChI=1S/C35H32Cl2F2N4O3.C5H9N/c1-16(44)30-23-15-25(33-21-13-18(14-26(21)46-19-7-8-19)43(33)34(45)35(39)9-10-35)41-31(23)22-12-17(4-3-11-40)27(29(38)32(22)42-30)20-5-2-6-24(36)28(20)37;1-4-2-5(1)6-3-4/h2,5-6,12,15-16,18-19,21,26,33,41,44H,3-4,7-10,13-14H2,1H3;4-6H,1-3H2. The van der Waals surface area contributed by atoms with Crippen LogP contribution in [0.2, 0.25) is 10.0 Å². The summed E-state index contributed by atoms with van der Waals surface area (Å²) in [6.07, 6.45) is 6.40. The number of hydrogen-bond acceptors (Lipinski definition) is 6. The number of rotatable bonds is 8. The van der Waals surface area contributed by atoms with E-state index in [0.717, 1.165) is 31.2 Å². The van der Waals surface area contributed by atoms with Crippen molar-refractivity contribution in [3.8, 4) is 17.2 Å². The summed E-state index contributed by atoms with van der Waals surface area (Å²) in [5, 5.41) is 25.2. The first-order valence-corrected chi connectivity index (χ1v) is 19.4.